The molecule has 0 aliphatic heterocycles. The van der Waals surface area contributed by atoms with Crippen LogP contribution >= 0.6 is 0 Å². The molecule has 2 rings (SSSR count). The smallest absolute Gasteiger partial charge is 0.254 e. The Bertz CT molecular complexity index is 708. The van der Waals surface area contributed by atoms with Crippen molar-refractivity contribution in [1.29, 1.82) is 0 Å². The van der Waals surface area contributed by atoms with Crippen LogP contribution < -0.4 is 10.6 Å². The SMILES string of the molecule is O=C(CCNC(=O)c1ccccc1F)N[C@H](CF)Cc1ccccc1. The summed E-state index contributed by atoms with van der Waals surface area (Å²) >= 11 is 0. The number of rotatable bonds is 8. The molecule has 2 aromatic carbocycles. The van der Waals surface area contributed by atoms with E-state index in [-0.39, 0.29) is 24.4 Å². The first-order valence-corrected chi connectivity index (χ1v) is 8.02. The van der Waals surface area contributed by atoms with Crippen LogP contribution in [0.25, 0.3) is 0 Å². The first-order chi connectivity index (χ1) is 12.1. The van der Waals surface area contributed by atoms with E-state index in [4.69, 9.17) is 0 Å². The fourth-order valence-electron chi connectivity index (χ4n) is 2.37. The van der Waals surface area contributed by atoms with Crippen molar-refractivity contribution in [1.82, 2.24) is 10.6 Å². The molecule has 0 aliphatic carbocycles. The number of amides is 2. The van der Waals surface area contributed by atoms with Crippen molar-refractivity contribution in [3.05, 3.63) is 71.5 Å². The van der Waals surface area contributed by atoms with Crippen LogP contribution in [0.4, 0.5) is 8.78 Å². The molecule has 0 radical (unpaired) electrons. The topological polar surface area (TPSA) is 58.2 Å². The molecule has 0 aromatic heterocycles. The van der Waals surface area contributed by atoms with E-state index in [2.05, 4.69) is 10.6 Å². The Kier molecular flexibility index (Phi) is 7.07. The number of benzene rings is 2. The van der Waals surface area contributed by atoms with Gasteiger partial charge in [0.15, 0.2) is 0 Å². The average Bonchev–Trinajstić information content (AvgIpc) is 2.62. The third-order valence-corrected chi connectivity index (χ3v) is 3.63. The summed E-state index contributed by atoms with van der Waals surface area (Å²) < 4.78 is 26.6. The minimum Gasteiger partial charge on any atom is -0.351 e. The molecule has 4 nitrogen and oxygen atoms in total. The van der Waals surface area contributed by atoms with Crippen molar-refractivity contribution in [2.45, 2.75) is 18.9 Å². The van der Waals surface area contributed by atoms with Gasteiger partial charge in [0.05, 0.1) is 11.6 Å². The lowest BCUT2D eigenvalue weighted by atomic mass is 10.1. The molecule has 0 heterocycles. The van der Waals surface area contributed by atoms with Crippen LogP contribution in [0.3, 0.4) is 0 Å². The molecule has 132 valence electrons. The maximum absolute atomic E-state index is 13.5. The third-order valence-electron chi connectivity index (χ3n) is 3.63. The molecular weight excluding hydrogens is 326 g/mol. The van der Waals surface area contributed by atoms with Gasteiger partial charge in [-0.1, -0.05) is 42.5 Å². The van der Waals surface area contributed by atoms with Crippen molar-refractivity contribution < 1.29 is 18.4 Å². The summed E-state index contributed by atoms with van der Waals surface area (Å²) in [5.41, 5.74) is 0.854. The molecule has 0 saturated carbocycles. The molecule has 2 amide bonds. The Balaban J connectivity index is 1.76. The van der Waals surface area contributed by atoms with Gasteiger partial charge >= 0.3 is 0 Å². The van der Waals surface area contributed by atoms with Gasteiger partial charge in [-0.2, -0.15) is 0 Å². The fraction of sp³-hybridized carbons (Fsp3) is 0.263. The van der Waals surface area contributed by atoms with Crippen molar-refractivity contribution in [2.24, 2.45) is 0 Å². The summed E-state index contributed by atoms with van der Waals surface area (Å²) in [7, 11) is 0. The minimum atomic E-state index is -0.678. The average molecular weight is 346 g/mol. The molecule has 6 heteroatoms. The number of hydrogen-bond acceptors (Lipinski definition) is 2. The van der Waals surface area contributed by atoms with E-state index in [1.165, 1.54) is 18.2 Å². The normalized spacial score (nSPS) is 11.6. The van der Waals surface area contributed by atoms with Crippen molar-refractivity contribution in [3.8, 4) is 0 Å². The fourth-order valence-corrected chi connectivity index (χ4v) is 2.37. The summed E-state index contributed by atoms with van der Waals surface area (Å²) in [5.74, 6) is -1.57. The van der Waals surface area contributed by atoms with Crippen molar-refractivity contribution in [3.63, 3.8) is 0 Å². The second-order valence-electron chi connectivity index (χ2n) is 5.59. The second kappa shape index (κ2) is 9.52. The highest BCUT2D eigenvalue weighted by Gasteiger charge is 2.14. The lowest BCUT2D eigenvalue weighted by Crippen LogP contribution is -2.39. The summed E-state index contributed by atoms with van der Waals surface area (Å²) in [5, 5.41) is 5.08. The van der Waals surface area contributed by atoms with Crippen LogP contribution in [-0.4, -0.2) is 31.1 Å². The van der Waals surface area contributed by atoms with Gasteiger partial charge in [0, 0.05) is 13.0 Å². The molecule has 0 spiro atoms. The van der Waals surface area contributed by atoms with Gasteiger partial charge in [0.1, 0.15) is 12.5 Å². The number of carbonyl (C=O) groups excluding carboxylic acids is 2. The van der Waals surface area contributed by atoms with Crippen LogP contribution in [0, 0.1) is 5.82 Å². The predicted molar refractivity (Wildman–Crippen MR) is 91.4 cm³/mol. The van der Waals surface area contributed by atoms with Gasteiger partial charge in [-0.3, -0.25) is 9.59 Å². The molecule has 2 N–H and O–H groups in total. The van der Waals surface area contributed by atoms with E-state index >= 15 is 0 Å². The van der Waals surface area contributed by atoms with Crippen LogP contribution in [0.15, 0.2) is 54.6 Å². The Hall–Kier alpha value is -2.76. The first kappa shape index (κ1) is 18.6. The second-order valence-corrected chi connectivity index (χ2v) is 5.59. The first-order valence-electron chi connectivity index (χ1n) is 8.02. The number of nitrogens with one attached hydrogen (secondary N) is 2. The zero-order valence-corrected chi connectivity index (χ0v) is 13.7. The van der Waals surface area contributed by atoms with Gasteiger partial charge in [0.2, 0.25) is 5.91 Å². The van der Waals surface area contributed by atoms with E-state index in [0.29, 0.717) is 6.42 Å². The Morgan fingerprint density at radius 1 is 1.00 bits per heavy atom. The zero-order chi connectivity index (χ0) is 18.1. The molecule has 2 aromatic rings. The lowest BCUT2D eigenvalue weighted by Gasteiger charge is -2.15. The molecule has 0 aliphatic rings. The van der Waals surface area contributed by atoms with Crippen LogP contribution in [0.1, 0.15) is 22.3 Å². The molecule has 0 saturated heterocycles. The molecule has 1 atom stereocenters. The summed E-state index contributed by atoms with van der Waals surface area (Å²) in [4.78, 5) is 23.7. The maximum Gasteiger partial charge on any atom is 0.254 e. The van der Waals surface area contributed by atoms with Crippen LogP contribution in [-0.2, 0) is 11.2 Å². The molecule has 0 unspecified atom stereocenters. The van der Waals surface area contributed by atoms with Gasteiger partial charge in [-0.25, -0.2) is 8.78 Å². The van der Waals surface area contributed by atoms with Gasteiger partial charge in [-0.05, 0) is 24.1 Å². The summed E-state index contributed by atoms with van der Waals surface area (Å²) in [6.45, 7) is -0.633. The number of alkyl halides is 1. The highest BCUT2D eigenvalue weighted by Crippen LogP contribution is 2.06. The van der Waals surface area contributed by atoms with Crippen molar-refractivity contribution in [2.75, 3.05) is 13.2 Å². The molecule has 0 bridgehead atoms. The highest BCUT2D eigenvalue weighted by atomic mass is 19.1. The van der Waals surface area contributed by atoms with E-state index in [0.717, 1.165) is 5.56 Å². The van der Waals surface area contributed by atoms with Crippen LogP contribution in [0.2, 0.25) is 0 Å². The third kappa shape index (κ3) is 5.99. The van der Waals surface area contributed by atoms with E-state index in [9.17, 15) is 18.4 Å². The number of hydrogen-bond donors (Lipinski definition) is 2. The van der Waals surface area contributed by atoms with Gasteiger partial charge in [-0.15, -0.1) is 0 Å². The predicted octanol–water partition coefficient (Wildman–Crippen LogP) is 2.64. The highest BCUT2D eigenvalue weighted by molar-refractivity contribution is 5.94. The Morgan fingerprint density at radius 2 is 1.68 bits per heavy atom. The monoisotopic (exact) mass is 346 g/mol. The largest absolute Gasteiger partial charge is 0.351 e. The number of halogens is 2. The standard InChI is InChI=1S/C19H20F2N2O2/c20-13-15(12-14-6-2-1-3-7-14)23-18(24)10-11-22-19(25)16-8-4-5-9-17(16)21/h1-9,15H,10-13H2,(H,22,25)(H,23,24)/t15-/m0/s1. The molecule has 25 heavy (non-hydrogen) atoms. The van der Waals surface area contributed by atoms with Crippen LogP contribution in [0.5, 0.6) is 0 Å². The minimum absolute atomic E-state index is 0.00845. The van der Waals surface area contributed by atoms with Gasteiger partial charge in [0.25, 0.3) is 5.91 Å². The summed E-state index contributed by atoms with van der Waals surface area (Å²) in [6, 6.07) is 14.3. The number of carbonyl (C=O) groups is 2. The van der Waals surface area contributed by atoms with Gasteiger partial charge < -0.3 is 10.6 Å². The molecular formula is C19H20F2N2O2. The quantitative estimate of drug-likeness (QED) is 0.772. The summed E-state index contributed by atoms with van der Waals surface area (Å²) in [6.07, 6.45) is 0.385. The Morgan fingerprint density at radius 3 is 2.36 bits per heavy atom. The van der Waals surface area contributed by atoms with Crippen molar-refractivity contribution >= 4 is 11.8 Å². The Labute approximate surface area is 145 Å². The maximum atomic E-state index is 13.5. The van der Waals surface area contributed by atoms with E-state index in [1.807, 2.05) is 30.3 Å². The lowest BCUT2D eigenvalue weighted by molar-refractivity contribution is -0.121. The molecule has 0 fully saturated rings. The zero-order valence-electron chi connectivity index (χ0n) is 13.7. The van der Waals surface area contributed by atoms with E-state index in [1.54, 1.807) is 6.07 Å². The van der Waals surface area contributed by atoms with E-state index < -0.39 is 24.4 Å².